The molecule has 0 atom stereocenters. The highest BCUT2D eigenvalue weighted by molar-refractivity contribution is 6.16. The number of nitrogens with one attached hydrogen (secondary N) is 2. The summed E-state index contributed by atoms with van der Waals surface area (Å²) in [4.78, 5) is 30.0. The summed E-state index contributed by atoms with van der Waals surface area (Å²) in [6.45, 7) is -0.438. The number of hydrogen-bond acceptors (Lipinski definition) is 6. The fourth-order valence-corrected chi connectivity index (χ4v) is 4.11. The molecule has 1 aliphatic rings. The summed E-state index contributed by atoms with van der Waals surface area (Å²) < 4.78 is 19.9. The third kappa shape index (κ3) is 4.87. The van der Waals surface area contributed by atoms with Crippen molar-refractivity contribution in [3.63, 3.8) is 0 Å². The molecule has 3 aromatic carbocycles. The number of anilines is 2. The van der Waals surface area contributed by atoms with Gasteiger partial charge in [0, 0.05) is 17.3 Å². The second kappa shape index (κ2) is 9.96. The van der Waals surface area contributed by atoms with Crippen molar-refractivity contribution in [2.24, 2.45) is 5.41 Å². The van der Waals surface area contributed by atoms with Crippen LogP contribution in [0.3, 0.4) is 0 Å². The quantitative estimate of drug-likeness (QED) is 0.264. The Morgan fingerprint density at radius 1 is 0.919 bits per heavy atom. The van der Waals surface area contributed by atoms with Gasteiger partial charge in [0.25, 0.3) is 0 Å². The average molecular weight is 502 g/mol. The summed E-state index contributed by atoms with van der Waals surface area (Å²) in [5.41, 5.74) is 1.08. The van der Waals surface area contributed by atoms with Crippen LogP contribution >= 0.6 is 0 Å². The highest BCUT2D eigenvalue weighted by Gasteiger charge is 2.56. The molecule has 4 aromatic rings. The molecule has 1 saturated carbocycles. The van der Waals surface area contributed by atoms with Crippen LogP contribution in [0.5, 0.6) is 11.5 Å². The molecule has 1 heterocycles. The van der Waals surface area contributed by atoms with E-state index >= 15 is 0 Å². The fraction of sp³-hybridized carbons (Fsp3) is 0.179. The van der Waals surface area contributed by atoms with Gasteiger partial charge in [0.1, 0.15) is 22.7 Å². The van der Waals surface area contributed by atoms with Crippen molar-refractivity contribution >= 4 is 34.1 Å². The van der Waals surface area contributed by atoms with E-state index in [1.165, 1.54) is 18.2 Å². The first kappa shape index (κ1) is 24.4. The molecule has 1 aliphatic carbocycles. The lowest BCUT2D eigenvalue weighted by molar-refractivity contribution is -0.131. The highest BCUT2D eigenvalue weighted by Crippen LogP contribution is 2.47. The number of halogens is 1. The molecule has 2 amide bonds. The summed E-state index contributed by atoms with van der Waals surface area (Å²) in [7, 11) is 0. The lowest BCUT2D eigenvalue weighted by atomic mass is 10.0. The van der Waals surface area contributed by atoms with Crippen LogP contribution in [0.15, 0.2) is 72.9 Å². The standard InChI is InChI=1S/C28H24FN3O5/c29-22-3-1-2-4-23(22)32-27(36)28(10-11-28)26(35)31-19-5-7-20(8-6-19)37-25-9-12-30-24-14-18(16-34)17(15-33)13-21(24)25/h1-9,12-14,33-34H,10-11,15-16H2,(H,31,35)(H,32,36). The number of amides is 2. The number of aliphatic hydroxyl groups excluding tert-OH is 2. The number of benzene rings is 3. The molecule has 0 spiro atoms. The maximum atomic E-state index is 13.9. The number of hydrogen-bond donors (Lipinski definition) is 4. The Bertz CT molecular complexity index is 1490. The van der Waals surface area contributed by atoms with Gasteiger partial charge >= 0.3 is 0 Å². The summed E-state index contributed by atoms with van der Waals surface area (Å²) in [6.07, 6.45) is 2.35. The molecule has 1 aromatic heterocycles. The SMILES string of the molecule is O=C(Nc1ccc(Oc2ccnc3cc(CO)c(CO)cc23)cc1)C1(C(=O)Nc2ccccc2F)CC1. The average Bonchev–Trinajstić information content (AvgIpc) is 3.73. The lowest BCUT2D eigenvalue weighted by Crippen LogP contribution is -2.35. The molecule has 0 bridgehead atoms. The topological polar surface area (TPSA) is 121 Å². The van der Waals surface area contributed by atoms with Gasteiger partial charge in [-0.05, 0) is 78.6 Å². The Kier molecular flexibility index (Phi) is 6.56. The molecule has 0 radical (unpaired) electrons. The molecule has 1 fully saturated rings. The van der Waals surface area contributed by atoms with Crippen molar-refractivity contribution in [2.45, 2.75) is 26.1 Å². The summed E-state index contributed by atoms with van der Waals surface area (Å²) in [6, 6.07) is 17.6. The van der Waals surface area contributed by atoms with Gasteiger partial charge in [-0.3, -0.25) is 14.6 Å². The molecule has 188 valence electrons. The molecule has 0 unspecified atom stereocenters. The van der Waals surface area contributed by atoms with Crippen molar-refractivity contribution in [2.75, 3.05) is 10.6 Å². The van der Waals surface area contributed by atoms with Crippen LogP contribution in [0.4, 0.5) is 15.8 Å². The van der Waals surface area contributed by atoms with Gasteiger partial charge in [-0.1, -0.05) is 12.1 Å². The Balaban J connectivity index is 1.28. The van der Waals surface area contributed by atoms with Crippen LogP contribution in [-0.2, 0) is 22.8 Å². The molecule has 37 heavy (non-hydrogen) atoms. The number of aromatic nitrogens is 1. The summed E-state index contributed by atoms with van der Waals surface area (Å²) in [5.74, 6) is -0.535. The van der Waals surface area contributed by atoms with Crippen LogP contribution in [0.2, 0.25) is 0 Å². The van der Waals surface area contributed by atoms with E-state index in [-0.39, 0.29) is 18.9 Å². The Morgan fingerprint density at radius 2 is 1.59 bits per heavy atom. The maximum Gasteiger partial charge on any atom is 0.240 e. The zero-order chi connectivity index (χ0) is 26.0. The van der Waals surface area contributed by atoms with E-state index in [0.29, 0.717) is 52.1 Å². The molecule has 0 saturated heterocycles. The van der Waals surface area contributed by atoms with Gasteiger partial charge < -0.3 is 25.6 Å². The Morgan fingerprint density at radius 3 is 2.27 bits per heavy atom. The van der Waals surface area contributed by atoms with Crippen molar-refractivity contribution in [3.8, 4) is 11.5 Å². The first-order valence-electron chi connectivity index (χ1n) is 11.7. The number of ether oxygens (including phenoxy) is 1. The summed E-state index contributed by atoms with van der Waals surface area (Å²) in [5, 5.41) is 25.1. The van der Waals surface area contributed by atoms with Crippen molar-refractivity contribution in [1.82, 2.24) is 4.98 Å². The van der Waals surface area contributed by atoms with Crippen molar-refractivity contribution < 1.29 is 28.9 Å². The lowest BCUT2D eigenvalue weighted by Gasteiger charge is -2.16. The molecule has 5 rings (SSSR count). The number of para-hydroxylation sites is 1. The van der Waals surface area contributed by atoms with E-state index in [4.69, 9.17) is 4.74 Å². The zero-order valence-corrected chi connectivity index (χ0v) is 19.7. The molecule has 9 heteroatoms. The largest absolute Gasteiger partial charge is 0.457 e. The first-order chi connectivity index (χ1) is 17.9. The minimum absolute atomic E-state index is 0.0374. The van der Waals surface area contributed by atoms with Crippen LogP contribution in [-0.4, -0.2) is 27.0 Å². The van der Waals surface area contributed by atoms with Crippen LogP contribution < -0.4 is 15.4 Å². The van der Waals surface area contributed by atoms with Crippen LogP contribution in [0.25, 0.3) is 10.9 Å². The van der Waals surface area contributed by atoms with E-state index in [1.807, 2.05) is 0 Å². The maximum absolute atomic E-state index is 13.9. The molecular weight excluding hydrogens is 477 g/mol. The third-order valence-electron chi connectivity index (χ3n) is 6.44. The van der Waals surface area contributed by atoms with Gasteiger partial charge in [-0.15, -0.1) is 0 Å². The third-order valence-corrected chi connectivity index (χ3v) is 6.44. The Labute approximate surface area is 211 Å². The van der Waals surface area contributed by atoms with E-state index < -0.39 is 23.0 Å². The predicted octanol–water partition coefficient (Wildman–Crippen LogP) is 4.51. The van der Waals surface area contributed by atoms with Crippen molar-refractivity contribution in [1.29, 1.82) is 0 Å². The smallest absolute Gasteiger partial charge is 0.240 e. The number of nitrogens with zero attached hydrogens (tertiary/aromatic N) is 1. The summed E-state index contributed by atoms with van der Waals surface area (Å²) >= 11 is 0. The highest BCUT2D eigenvalue weighted by atomic mass is 19.1. The number of fused-ring (bicyclic) bond motifs is 1. The van der Waals surface area contributed by atoms with E-state index in [1.54, 1.807) is 54.7 Å². The van der Waals surface area contributed by atoms with Gasteiger partial charge in [-0.25, -0.2) is 4.39 Å². The van der Waals surface area contributed by atoms with Gasteiger partial charge in [0.15, 0.2) is 0 Å². The number of carbonyl (C=O) groups excluding carboxylic acids is 2. The molecule has 4 N–H and O–H groups in total. The number of aliphatic hydroxyl groups is 2. The van der Waals surface area contributed by atoms with Gasteiger partial charge in [-0.2, -0.15) is 0 Å². The minimum atomic E-state index is -1.23. The zero-order valence-electron chi connectivity index (χ0n) is 19.7. The van der Waals surface area contributed by atoms with Gasteiger partial charge in [0.05, 0.1) is 24.4 Å². The molecule has 0 aliphatic heterocycles. The molecule has 8 nitrogen and oxygen atoms in total. The minimum Gasteiger partial charge on any atom is -0.457 e. The van der Waals surface area contributed by atoms with Crippen LogP contribution in [0, 0.1) is 11.2 Å². The second-order valence-corrected chi connectivity index (χ2v) is 8.86. The van der Waals surface area contributed by atoms with Crippen LogP contribution in [0.1, 0.15) is 24.0 Å². The first-order valence-corrected chi connectivity index (χ1v) is 11.7. The monoisotopic (exact) mass is 501 g/mol. The number of carbonyl (C=O) groups is 2. The number of pyridine rings is 1. The normalized spacial score (nSPS) is 13.7. The Hall–Kier alpha value is -4.34. The van der Waals surface area contributed by atoms with Gasteiger partial charge in [0.2, 0.25) is 11.8 Å². The van der Waals surface area contributed by atoms with E-state index in [0.717, 1.165) is 0 Å². The number of rotatable bonds is 8. The van der Waals surface area contributed by atoms with Crippen molar-refractivity contribution in [3.05, 3.63) is 89.9 Å². The second-order valence-electron chi connectivity index (χ2n) is 8.86. The van der Waals surface area contributed by atoms with E-state index in [9.17, 15) is 24.2 Å². The molecular formula is C28H24FN3O5. The predicted molar refractivity (Wildman–Crippen MR) is 135 cm³/mol. The fourth-order valence-electron chi connectivity index (χ4n) is 4.11. The van der Waals surface area contributed by atoms with E-state index in [2.05, 4.69) is 15.6 Å².